The molecule has 1 saturated carbocycles. The molecule has 2 atom stereocenters. The summed E-state index contributed by atoms with van der Waals surface area (Å²) in [6.45, 7) is 0.859. The second-order valence-corrected chi connectivity index (χ2v) is 6.32. The summed E-state index contributed by atoms with van der Waals surface area (Å²) in [6.07, 6.45) is 4.05. The summed E-state index contributed by atoms with van der Waals surface area (Å²) in [6, 6.07) is 4.55. The molecule has 1 aliphatic heterocycles. The number of aromatic nitrogens is 1. The van der Waals surface area contributed by atoms with Crippen molar-refractivity contribution >= 4 is 32.9 Å². The van der Waals surface area contributed by atoms with Crippen LogP contribution in [0.4, 0.5) is 11.4 Å². The maximum absolute atomic E-state index is 6.22. The van der Waals surface area contributed by atoms with Gasteiger partial charge >= 0.3 is 0 Å². The third-order valence-electron chi connectivity index (χ3n) is 4.10. The number of ether oxygens (including phenoxy) is 1. The van der Waals surface area contributed by atoms with Gasteiger partial charge < -0.3 is 15.8 Å². The summed E-state index contributed by atoms with van der Waals surface area (Å²) in [5, 5.41) is 3.58. The first-order chi connectivity index (χ1) is 9.33. The zero-order valence-electron chi connectivity index (χ0n) is 10.6. The predicted molar refractivity (Wildman–Crippen MR) is 78.5 cm³/mol. The molecule has 0 radical (unpaired) electrons. The number of thiazole rings is 1. The molecule has 4 rings (SSSR count). The Morgan fingerprint density at radius 3 is 3.05 bits per heavy atom. The Morgan fingerprint density at radius 2 is 2.21 bits per heavy atom. The molecule has 1 aliphatic carbocycles. The summed E-state index contributed by atoms with van der Waals surface area (Å²) >= 11 is 1.62. The minimum absolute atomic E-state index is 0.366. The average Bonchev–Trinajstić information content (AvgIpc) is 2.97. The second-order valence-electron chi connectivity index (χ2n) is 5.44. The van der Waals surface area contributed by atoms with Crippen LogP contribution in [0.15, 0.2) is 17.6 Å². The van der Waals surface area contributed by atoms with Gasteiger partial charge in [-0.1, -0.05) is 0 Å². The molecule has 0 amide bonds. The highest BCUT2D eigenvalue weighted by Gasteiger charge is 2.40. The Kier molecular flexibility index (Phi) is 2.63. The van der Waals surface area contributed by atoms with E-state index in [2.05, 4.69) is 22.4 Å². The third kappa shape index (κ3) is 1.97. The first-order valence-corrected chi connectivity index (χ1v) is 7.71. The molecule has 0 spiro atoms. The van der Waals surface area contributed by atoms with Gasteiger partial charge in [-0.2, -0.15) is 0 Å². The van der Waals surface area contributed by atoms with E-state index in [4.69, 9.17) is 10.5 Å². The molecule has 2 aromatic rings. The molecular weight excluding hydrogens is 258 g/mol. The van der Waals surface area contributed by atoms with Crippen molar-refractivity contribution in [3.8, 4) is 0 Å². The van der Waals surface area contributed by atoms with E-state index in [9.17, 15) is 0 Å². The van der Waals surface area contributed by atoms with E-state index < -0.39 is 0 Å². The molecule has 2 heterocycles. The lowest BCUT2D eigenvalue weighted by atomic mass is 10.1. The number of hydrogen-bond acceptors (Lipinski definition) is 5. The molecular formula is C14H17N3OS. The van der Waals surface area contributed by atoms with Gasteiger partial charge in [0.1, 0.15) is 5.52 Å². The smallest absolute Gasteiger partial charge is 0.106 e. The quantitative estimate of drug-likeness (QED) is 0.846. The van der Waals surface area contributed by atoms with Crippen LogP contribution < -0.4 is 11.1 Å². The van der Waals surface area contributed by atoms with E-state index in [1.54, 1.807) is 11.3 Å². The van der Waals surface area contributed by atoms with Crippen LogP contribution in [0.3, 0.4) is 0 Å². The van der Waals surface area contributed by atoms with Crippen LogP contribution in [0.1, 0.15) is 19.3 Å². The van der Waals surface area contributed by atoms with Crippen LogP contribution in [-0.4, -0.2) is 23.7 Å². The van der Waals surface area contributed by atoms with Crippen LogP contribution in [0.2, 0.25) is 0 Å². The number of nitrogens with one attached hydrogen (secondary N) is 1. The van der Waals surface area contributed by atoms with Crippen LogP contribution >= 0.6 is 11.3 Å². The number of nitrogen functional groups attached to an aromatic ring is 1. The van der Waals surface area contributed by atoms with E-state index in [1.165, 1.54) is 12.8 Å². The largest absolute Gasteiger partial charge is 0.395 e. The standard InChI is InChI=1S/C14H17N3OS/c15-12-9(3-4-11-13(12)16-7-19-11)17-10-5-6-18-14(10)8-1-2-8/h3-4,7-8,10,14,17H,1-2,5-6,15H2. The first-order valence-electron chi connectivity index (χ1n) is 6.83. The van der Waals surface area contributed by atoms with E-state index in [-0.39, 0.29) is 0 Å². The van der Waals surface area contributed by atoms with Crippen molar-refractivity contribution < 1.29 is 4.74 Å². The fourth-order valence-electron chi connectivity index (χ4n) is 2.93. The highest BCUT2D eigenvalue weighted by atomic mass is 32.1. The Bertz CT molecular complexity index is 608. The van der Waals surface area contributed by atoms with Crippen molar-refractivity contribution in [3.05, 3.63) is 17.6 Å². The molecule has 0 bridgehead atoms. The monoisotopic (exact) mass is 275 g/mol. The van der Waals surface area contributed by atoms with E-state index in [0.29, 0.717) is 12.1 Å². The number of rotatable bonds is 3. The van der Waals surface area contributed by atoms with Crippen LogP contribution in [0.25, 0.3) is 10.2 Å². The van der Waals surface area contributed by atoms with Crippen molar-refractivity contribution in [2.45, 2.75) is 31.4 Å². The van der Waals surface area contributed by atoms with Crippen molar-refractivity contribution in [3.63, 3.8) is 0 Å². The molecule has 1 aromatic carbocycles. The maximum atomic E-state index is 6.22. The molecule has 19 heavy (non-hydrogen) atoms. The van der Waals surface area contributed by atoms with Crippen molar-refractivity contribution in [1.82, 2.24) is 4.98 Å². The van der Waals surface area contributed by atoms with Gasteiger partial charge in [0.15, 0.2) is 0 Å². The Morgan fingerprint density at radius 1 is 1.32 bits per heavy atom. The normalized spacial score (nSPS) is 26.9. The molecule has 5 heteroatoms. The van der Waals surface area contributed by atoms with Gasteiger partial charge in [-0.15, -0.1) is 11.3 Å². The fourth-order valence-corrected chi connectivity index (χ4v) is 3.63. The lowest BCUT2D eigenvalue weighted by molar-refractivity contribution is 0.0898. The average molecular weight is 275 g/mol. The first kappa shape index (κ1) is 11.5. The summed E-state index contributed by atoms with van der Waals surface area (Å²) in [5.74, 6) is 0.754. The van der Waals surface area contributed by atoms with Gasteiger partial charge in [0, 0.05) is 6.61 Å². The number of nitrogens with two attached hydrogens (primary N) is 1. The van der Waals surface area contributed by atoms with Gasteiger partial charge in [-0.3, -0.25) is 0 Å². The second kappa shape index (κ2) is 4.35. The Balaban J connectivity index is 1.61. The molecule has 1 saturated heterocycles. The summed E-state index contributed by atoms with van der Waals surface area (Å²) < 4.78 is 7.00. The van der Waals surface area contributed by atoms with E-state index >= 15 is 0 Å². The maximum Gasteiger partial charge on any atom is 0.106 e. The van der Waals surface area contributed by atoms with Gasteiger partial charge in [0.05, 0.1) is 33.7 Å². The lowest BCUT2D eigenvalue weighted by Gasteiger charge is -2.21. The minimum atomic E-state index is 0.366. The topological polar surface area (TPSA) is 60.2 Å². The molecule has 3 N–H and O–H groups in total. The molecule has 100 valence electrons. The van der Waals surface area contributed by atoms with Crippen molar-refractivity contribution in [1.29, 1.82) is 0 Å². The number of benzene rings is 1. The minimum Gasteiger partial charge on any atom is -0.395 e. The van der Waals surface area contributed by atoms with E-state index in [0.717, 1.165) is 40.5 Å². The third-order valence-corrected chi connectivity index (χ3v) is 4.90. The molecule has 2 fully saturated rings. The Hall–Kier alpha value is -1.33. The summed E-state index contributed by atoms with van der Waals surface area (Å²) in [4.78, 5) is 4.34. The van der Waals surface area contributed by atoms with Crippen LogP contribution in [-0.2, 0) is 4.74 Å². The van der Waals surface area contributed by atoms with Gasteiger partial charge in [0.2, 0.25) is 0 Å². The molecule has 2 unspecified atom stereocenters. The predicted octanol–water partition coefficient (Wildman–Crippen LogP) is 2.86. The van der Waals surface area contributed by atoms with Gasteiger partial charge in [0.25, 0.3) is 0 Å². The summed E-state index contributed by atoms with van der Waals surface area (Å²) in [5.41, 5.74) is 10.7. The number of fused-ring (bicyclic) bond motifs is 1. The van der Waals surface area contributed by atoms with Crippen LogP contribution in [0, 0.1) is 5.92 Å². The lowest BCUT2D eigenvalue weighted by Crippen LogP contribution is -2.31. The summed E-state index contributed by atoms with van der Waals surface area (Å²) in [7, 11) is 0. The fraction of sp³-hybridized carbons (Fsp3) is 0.500. The van der Waals surface area contributed by atoms with Crippen molar-refractivity contribution in [2.24, 2.45) is 5.92 Å². The highest BCUT2D eigenvalue weighted by molar-refractivity contribution is 7.16. The SMILES string of the molecule is Nc1c(NC2CCOC2C2CC2)ccc2scnc12. The molecule has 1 aromatic heterocycles. The highest BCUT2D eigenvalue weighted by Crippen LogP contribution is 2.40. The van der Waals surface area contributed by atoms with Crippen molar-refractivity contribution in [2.75, 3.05) is 17.7 Å². The van der Waals surface area contributed by atoms with E-state index in [1.807, 2.05) is 5.51 Å². The number of anilines is 2. The zero-order valence-corrected chi connectivity index (χ0v) is 11.5. The number of nitrogens with zero attached hydrogens (tertiary/aromatic N) is 1. The molecule has 2 aliphatic rings. The van der Waals surface area contributed by atoms with Gasteiger partial charge in [-0.05, 0) is 37.3 Å². The number of hydrogen-bond donors (Lipinski definition) is 2. The van der Waals surface area contributed by atoms with Crippen LogP contribution in [0.5, 0.6) is 0 Å². The zero-order chi connectivity index (χ0) is 12.8. The molecule has 4 nitrogen and oxygen atoms in total. The Labute approximate surface area is 116 Å². The van der Waals surface area contributed by atoms with Gasteiger partial charge in [-0.25, -0.2) is 4.98 Å².